The summed E-state index contributed by atoms with van der Waals surface area (Å²) in [6.45, 7) is 1.94. The number of nitrogens with zero attached hydrogens (tertiary/aromatic N) is 2. The highest BCUT2D eigenvalue weighted by molar-refractivity contribution is 7.13. The lowest BCUT2D eigenvalue weighted by Gasteiger charge is -2.19. The molecule has 0 fully saturated rings. The molecule has 4 aromatic rings. The summed E-state index contributed by atoms with van der Waals surface area (Å²) < 4.78 is 10.9. The quantitative estimate of drug-likeness (QED) is 0.312. The van der Waals surface area contributed by atoms with Gasteiger partial charge in [-0.15, -0.1) is 11.3 Å². The second-order valence-corrected chi connectivity index (χ2v) is 8.97. The Kier molecular flexibility index (Phi) is 7.65. The van der Waals surface area contributed by atoms with Gasteiger partial charge in [-0.05, 0) is 36.8 Å². The lowest BCUT2D eigenvalue weighted by atomic mass is 9.91. The smallest absolute Gasteiger partial charge is 0.227 e. The Hall–Kier alpha value is -4.18. The fraction of sp³-hybridized carbons (Fsp3) is 0.231. The normalized spacial score (nSPS) is 11.7. The number of benzene rings is 1. The Balaban J connectivity index is 1.49. The molecule has 0 saturated heterocycles. The van der Waals surface area contributed by atoms with E-state index in [4.69, 9.17) is 9.15 Å². The molecule has 4 rings (SSSR count). The average Bonchev–Trinajstić information content (AvgIpc) is 3.35. The Morgan fingerprint density at radius 2 is 2.08 bits per heavy atom. The first kappa shape index (κ1) is 24.9. The summed E-state index contributed by atoms with van der Waals surface area (Å²) in [4.78, 5) is 33.8. The summed E-state index contributed by atoms with van der Waals surface area (Å²) in [6.07, 6.45) is 3.88. The third-order valence-electron chi connectivity index (χ3n) is 5.55. The Morgan fingerprint density at radius 1 is 1.25 bits per heavy atom. The van der Waals surface area contributed by atoms with Crippen LogP contribution < -0.4 is 15.5 Å². The molecule has 0 radical (unpaired) electrons. The number of phenolic OH excluding ortho intramolecular Hbond substituents is 1. The maximum absolute atomic E-state index is 12.9. The Labute approximate surface area is 211 Å². The van der Waals surface area contributed by atoms with Gasteiger partial charge in [-0.1, -0.05) is 6.07 Å². The summed E-state index contributed by atoms with van der Waals surface area (Å²) in [5, 5.41) is 26.1. The molecule has 10 heteroatoms. The summed E-state index contributed by atoms with van der Waals surface area (Å²) in [5.41, 5.74) is 1.72. The molecule has 0 aliphatic rings. The molecule has 0 aliphatic heterocycles. The molecular formula is C26H25N3O6S. The predicted octanol–water partition coefficient (Wildman–Crippen LogP) is 3.77. The molecule has 0 spiro atoms. The molecule has 36 heavy (non-hydrogen) atoms. The van der Waals surface area contributed by atoms with Gasteiger partial charge in [0.15, 0.2) is 17.3 Å². The third kappa shape index (κ3) is 5.72. The van der Waals surface area contributed by atoms with Crippen LogP contribution in [-0.4, -0.2) is 39.7 Å². The van der Waals surface area contributed by atoms with E-state index in [9.17, 15) is 19.8 Å². The zero-order valence-corrected chi connectivity index (χ0v) is 20.5. The number of ether oxygens (including phenoxy) is 1. The third-order valence-corrected chi connectivity index (χ3v) is 6.49. The molecule has 1 atom stereocenters. The first-order chi connectivity index (χ1) is 17.4. The van der Waals surface area contributed by atoms with Crippen molar-refractivity contribution in [2.75, 3.05) is 13.7 Å². The van der Waals surface area contributed by atoms with Gasteiger partial charge in [0, 0.05) is 48.8 Å². The molecule has 3 heterocycles. The summed E-state index contributed by atoms with van der Waals surface area (Å²) >= 11 is 1.51. The van der Waals surface area contributed by atoms with Crippen molar-refractivity contribution in [3.05, 3.63) is 87.2 Å². The second kappa shape index (κ2) is 11.0. The number of hydrogen-bond donors (Lipinski definition) is 3. The van der Waals surface area contributed by atoms with Gasteiger partial charge in [0.05, 0.1) is 18.7 Å². The van der Waals surface area contributed by atoms with E-state index >= 15 is 0 Å². The Bertz CT molecular complexity index is 1420. The molecule has 9 nitrogen and oxygen atoms in total. The lowest BCUT2D eigenvalue weighted by molar-refractivity contribution is -0.121. The average molecular weight is 508 g/mol. The van der Waals surface area contributed by atoms with Crippen LogP contribution in [0.25, 0.3) is 10.6 Å². The largest absolute Gasteiger partial charge is 0.504 e. The standard InChI is InChI=1S/C26H25N3O6S/c1-15-10-21(31)24(33)25(35-15)19(16-5-6-20(30)22(11-16)34-2)12-23(32)28-9-7-18-14-36-26(29-18)17-4-3-8-27-13-17/h3-6,8,10-11,13-14,19,30,33H,7,9,12H2,1-2H3,(H,28,32)/t19-/m1/s1. The van der Waals surface area contributed by atoms with Crippen molar-refractivity contribution in [2.24, 2.45) is 0 Å². The van der Waals surface area contributed by atoms with Crippen LogP contribution in [0.2, 0.25) is 0 Å². The summed E-state index contributed by atoms with van der Waals surface area (Å²) in [5.74, 6) is -1.26. The van der Waals surface area contributed by atoms with Crippen LogP contribution in [0.3, 0.4) is 0 Å². The molecule has 186 valence electrons. The minimum Gasteiger partial charge on any atom is -0.504 e. The molecule has 0 aliphatic carbocycles. The number of aromatic hydroxyl groups is 2. The number of carbonyl (C=O) groups excluding carboxylic acids is 1. The van der Waals surface area contributed by atoms with Crippen LogP contribution in [-0.2, 0) is 11.2 Å². The molecule has 0 bridgehead atoms. The van der Waals surface area contributed by atoms with E-state index in [2.05, 4.69) is 15.3 Å². The molecule has 1 amide bonds. The molecule has 3 N–H and O–H groups in total. The van der Waals surface area contributed by atoms with E-state index in [1.165, 1.54) is 30.6 Å². The van der Waals surface area contributed by atoms with E-state index in [1.807, 2.05) is 17.5 Å². The van der Waals surface area contributed by atoms with Gasteiger partial charge in [0.25, 0.3) is 0 Å². The van der Waals surface area contributed by atoms with Gasteiger partial charge in [-0.2, -0.15) is 0 Å². The van der Waals surface area contributed by atoms with Gasteiger partial charge in [0.1, 0.15) is 10.8 Å². The zero-order valence-electron chi connectivity index (χ0n) is 19.7. The number of aryl methyl sites for hydroxylation is 1. The predicted molar refractivity (Wildman–Crippen MR) is 135 cm³/mol. The van der Waals surface area contributed by atoms with Gasteiger partial charge in [-0.3, -0.25) is 14.6 Å². The second-order valence-electron chi connectivity index (χ2n) is 8.11. The van der Waals surface area contributed by atoms with Gasteiger partial charge in [-0.25, -0.2) is 4.98 Å². The number of carbonyl (C=O) groups is 1. The van der Waals surface area contributed by atoms with Gasteiger partial charge in [0.2, 0.25) is 17.1 Å². The van der Waals surface area contributed by atoms with Crippen LogP contribution in [0.4, 0.5) is 0 Å². The van der Waals surface area contributed by atoms with Gasteiger partial charge >= 0.3 is 0 Å². The highest BCUT2D eigenvalue weighted by atomic mass is 32.1. The summed E-state index contributed by atoms with van der Waals surface area (Å²) in [6, 6.07) is 9.53. The van der Waals surface area contributed by atoms with E-state index < -0.39 is 17.1 Å². The maximum atomic E-state index is 12.9. The van der Waals surface area contributed by atoms with Crippen LogP contribution in [0, 0.1) is 6.92 Å². The minimum atomic E-state index is -0.788. The molecule has 0 unspecified atom stereocenters. The van der Waals surface area contributed by atoms with Crippen LogP contribution in [0.1, 0.15) is 35.1 Å². The van der Waals surface area contributed by atoms with E-state index in [0.29, 0.717) is 24.3 Å². The molecule has 1 aromatic carbocycles. The highest BCUT2D eigenvalue weighted by Crippen LogP contribution is 2.37. The van der Waals surface area contributed by atoms with Crippen molar-refractivity contribution in [2.45, 2.75) is 25.7 Å². The number of aromatic nitrogens is 2. The van der Waals surface area contributed by atoms with Crippen LogP contribution in [0.5, 0.6) is 17.2 Å². The monoisotopic (exact) mass is 507 g/mol. The minimum absolute atomic E-state index is 0.0245. The van der Waals surface area contributed by atoms with Crippen molar-refractivity contribution in [3.8, 4) is 27.8 Å². The summed E-state index contributed by atoms with van der Waals surface area (Å²) in [7, 11) is 1.41. The first-order valence-corrected chi connectivity index (χ1v) is 12.1. The number of nitrogens with one attached hydrogen (secondary N) is 1. The number of pyridine rings is 1. The topological polar surface area (TPSA) is 135 Å². The van der Waals surface area contributed by atoms with Crippen molar-refractivity contribution < 1.29 is 24.2 Å². The Morgan fingerprint density at radius 3 is 2.83 bits per heavy atom. The SMILES string of the molecule is COc1cc([C@@H](CC(=O)NCCc2csc(-c3cccnc3)n2)c2oc(C)cc(=O)c2O)ccc1O. The molecule has 0 saturated carbocycles. The molecule has 3 aromatic heterocycles. The van der Waals surface area contributed by atoms with Crippen molar-refractivity contribution >= 4 is 17.2 Å². The number of methoxy groups -OCH3 is 1. The lowest BCUT2D eigenvalue weighted by Crippen LogP contribution is -2.27. The van der Waals surface area contributed by atoms with E-state index in [-0.39, 0.29) is 29.6 Å². The number of hydrogen-bond acceptors (Lipinski definition) is 9. The van der Waals surface area contributed by atoms with E-state index in [0.717, 1.165) is 16.3 Å². The first-order valence-electron chi connectivity index (χ1n) is 11.2. The van der Waals surface area contributed by atoms with Crippen LogP contribution in [0.15, 0.2) is 63.4 Å². The van der Waals surface area contributed by atoms with Crippen LogP contribution >= 0.6 is 11.3 Å². The number of phenols is 1. The fourth-order valence-electron chi connectivity index (χ4n) is 3.77. The number of thiazole rings is 1. The van der Waals surface area contributed by atoms with Crippen molar-refractivity contribution in [1.29, 1.82) is 0 Å². The molecular weight excluding hydrogens is 482 g/mol. The number of rotatable bonds is 9. The van der Waals surface area contributed by atoms with Crippen molar-refractivity contribution in [3.63, 3.8) is 0 Å². The van der Waals surface area contributed by atoms with Crippen molar-refractivity contribution in [1.82, 2.24) is 15.3 Å². The van der Waals surface area contributed by atoms with E-state index in [1.54, 1.807) is 31.5 Å². The number of amides is 1. The fourth-order valence-corrected chi connectivity index (χ4v) is 4.61. The zero-order chi connectivity index (χ0) is 25.7. The van der Waals surface area contributed by atoms with Gasteiger partial charge < -0.3 is 24.7 Å². The maximum Gasteiger partial charge on any atom is 0.227 e. The highest BCUT2D eigenvalue weighted by Gasteiger charge is 2.26.